The van der Waals surface area contributed by atoms with Crippen LogP contribution in [0.3, 0.4) is 0 Å². The molecule has 0 spiro atoms. The minimum atomic E-state index is -0.468. The Balaban J connectivity index is 1.20. The Bertz CT molecular complexity index is 3270. The Morgan fingerprint density at radius 1 is 0.317 bits per heavy atom. The highest BCUT2D eigenvalue weighted by Gasteiger charge is 2.27. The fraction of sp³-hybridized carbons (Fsp3) is 0. The van der Waals surface area contributed by atoms with Crippen LogP contribution in [0.15, 0.2) is 159 Å². The number of aromatic nitrogens is 8. The molecule has 0 unspecified atom stereocenters. The Hall–Kier alpha value is -8.38. The average Bonchev–Trinajstić information content (AvgIpc) is 3.30. The van der Waals surface area contributed by atoms with Crippen LogP contribution in [-0.4, -0.2) is 39.9 Å². The van der Waals surface area contributed by atoms with Gasteiger partial charge in [0.05, 0.1) is 56.2 Å². The van der Waals surface area contributed by atoms with Crippen molar-refractivity contribution in [3.05, 3.63) is 171 Å². The standard InChI is InChI=1S/C48H26F2N10/c49-35-17-45(59(41-9-1-5-37-31(41)19-51-23-55-37)42-10-2-6-38-32(42)20-52-24-56-38)29-15-13-28-36(50)18-46(30-16-14-27(35)47(29)48(28)30)60(43-11-3-7-39-33(43)21-53-25-57-39)44-12-4-8-40-34(44)22-54-26-58-40/h1-26H. The van der Waals surface area contributed by atoms with Gasteiger partial charge in [-0.3, -0.25) is 0 Å². The zero-order valence-corrected chi connectivity index (χ0v) is 31.2. The van der Waals surface area contributed by atoms with Crippen molar-refractivity contribution < 1.29 is 8.78 Å². The Morgan fingerprint density at radius 2 is 0.617 bits per heavy atom. The summed E-state index contributed by atoms with van der Waals surface area (Å²) in [6.07, 6.45) is 13.0. The van der Waals surface area contributed by atoms with Crippen molar-refractivity contribution in [2.75, 3.05) is 9.80 Å². The van der Waals surface area contributed by atoms with Gasteiger partial charge < -0.3 is 9.80 Å². The van der Waals surface area contributed by atoms with Gasteiger partial charge in [-0.25, -0.2) is 48.7 Å². The predicted octanol–water partition coefficient (Wildman–Crippen LogP) is 11.6. The summed E-state index contributed by atoms with van der Waals surface area (Å²) in [6.45, 7) is 0. The SMILES string of the molecule is Fc1cc(N(c2cccc3ncncc23)c2cccc3ncncc23)c2ccc3c(F)cc(N(c4cccc5ncncc45)c4cccc5ncncc45)c4ccc1c2c34. The molecule has 4 aromatic heterocycles. The summed E-state index contributed by atoms with van der Waals surface area (Å²) < 4.78 is 34.3. The third-order valence-electron chi connectivity index (χ3n) is 11.3. The molecule has 10 nitrogen and oxygen atoms in total. The van der Waals surface area contributed by atoms with E-state index in [2.05, 4.69) is 39.9 Å². The summed E-state index contributed by atoms with van der Waals surface area (Å²) >= 11 is 0. The molecule has 12 aromatic rings. The molecule has 0 amide bonds. The number of anilines is 6. The van der Waals surface area contributed by atoms with Gasteiger partial charge in [-0.05, 0) is 60.7 Å². The minimum absolute atomic E-state index is 0.356. The minimum Gasteiger partial charge on any atom is -0.308 e. The Morgan fingerprint density at radius 3 is 0.933 bits per heavy atom. The first-order chi connectivity index (χ1) is 29.6. The van der Waals surface area contributed by atoms with Crippen molar-refractivity contribution >= 4 is 110 Å². The molecule has 60 heavy (non-hydrogen) atoms. The molecule has 0 aliphatic rings. The molecule has 0 bridgehead atoms. The molecule has 0 atom stereocenters. The first kappa shape index (κ1) is 33.7. The van der Waals surface area contributed by atoms with Crippen molar-refractivity contribution in [1.29, 1.82) is 0 Å². The highest BCUT2D eigenvalue weighted by atomic mass is 19.1. The van der Waals surface area contributed by atoms with Crippen molar-refractivity contribution in [2.45, 2.75) is 0 Å². The molecule has 0 saturated heterocycles. The lowest BCUT2D eigenvalue weighted by molar-refractivity contribution is 0.639. The number of benzene rings is 8. The van der Waals surface area contributed by atoms with E-state index in [1.54, 1.807) is 49.1 Å². The number of nitrogens with zero attached hydrogens (tertiary/aromatic N) is 10. The second kappa shape index (κ2) is 13.1. The fourth-order valence-electron chi connectivity index (χ4n) is 8.76. The number of hydrogen-bond donors (Lipinski definition) is 0. The van der Waals surface area contributed by atoms with E-state index in [9.17, 15) is 0 Å². The van der Waals surface area contributed by atoms with Crippen molar-refractivity contribution in [2.24, 2.45) is 0 Å². The topological polar surface area (TPSA) is 110 Å². The molecule has 0 saturated carbocycles. The van der Waals surface area contributed by atoms with Crippen LogP contribution in [0, 0.1) is 11.6 Å². The maximum absolute atomic E-state index is 17.1. The maximum atomic E-state index is 17.1. The lowest BCUT2D eigenvalue weighted by Gasteiger charge is -2.31. The fourth-order valence-corrected chi connectivity index (χ4v) is 8.76. The molecule has 282 valence electrons. The van der Waals surface area contributed by atoms with Gasteiger partial charge in [0.15, 0.2) is 0 Å². The number of rotatable bonds is 6. The summed E-state index contributed by atoms with van der Waals surface area (Å²) in [5, 5.41) is 6.26. The van der Waals surface area contributed by atoms with E-state index in [4.69, 9.17) is 0 Å². The Labute approximate surface area is 338 Å². The first-order valence-electron chi connectivity index (χ1n) is 19.1. The van der Waals surface area contributed by atoms with Crippen LogP contribution in [0.1, 0.15) is 0 Å². The van der Waals surface area contributed by atoms with E-state index in [0.29, 0.717) is 88.5 Å². The zero-order valence-electron chi connectivity index (χ0n) is 31.2. The summed E-state index contributed by atoms with van der Waals surface area (Å²) in [6, 6.07) is 33.6. The van der Waals surface area contributed by atoms with Gasteiger partial charge in [0.1, 0.15) is 36.9 Å². The number of hydrogen-bond acceptors (Lipinski definition) is 10. The van der Waals surface area contributed by atoms with Crippen molar-refractivity contribution in [3.8, 4) is 0 Å². The summed E-state index contributed by atoms with van der Waals surface area (Å²) in [5.41, 5.74) is 6.78. The van der Waals surface area contributed by atoms with E-state index >= 15 is 8.78 Å². The molecule has 0 radical (unpaired) electrons. The highest BCUT2D eigenvalue weighted by Crippen LogP contribution is 2.51. The van der Waals surface area contributed by atoms with E-state index in [0.717, 1.165) is 21.5 Å². The van der Waals surface area contributed by atoms with Gasteiger partial charge in [0.2, 0.25) is 0 Å². The van der Waals surface area contributed by atoms with Crippen LogP contribution in [0.2, 0.25) is 0 Å². The normalized spacial score (nSPS) is 11.8. The molecular formula is C48H26F2N10. The van der Waals surface area contributed by atoms with Gasteiger partial charge in [-0.2, -0.15) is 0 Å². The summed E-state index contributed by atoms with van der Waals surface area (Å²) in [4.78, 5) is 39.7. The molecule has 12 heteroatoms. The van der Waals surface area contributed by atoms with Gasteiger partial charge in [-0.15, -0.1) is 0 Å². The molecule has 0 fully saturated rings. The van der Waals surface area contributed by atoms with Crippen LogP contribution < -0.4 is 9.80 Å². The van der Waals surface area contributed by atoms with Gasteiger partial charge in [0.25, 0.3) is 0 Å². The van der Waals surface area contributed by atoms with E-state index in [-0.39, 0.29) is 0 Å². The van der Waals surface area contributed by atoms with E-state index in [1.807, 2.05) is 94.7 Å². The van der Waals surface area contributed by atoms with Crippen molar-refractivity contribution in [1.82, 2.24) is 39.9 Å². The molecule has 12 rings (SSSR count). The average molecular weight is 781 g/mol. The molecule has 0 aliphatic carbocycles. The first-order valence-corrected chi connectivity index (χ1v) is 19.1. The largest absolute Gasteiger partial charge is 0.308 e. The van der Waals surface area contributed by atoms with Crippen LogP contribution in [0.5, 0.6) is 0 Å². The van der Waals surface area contributed by atoms with Crippen LogP contribution in [0.25, 0.3) is 75.9 Å². The van der Waals surface area contributed by atoms with Gasteiger partial charge in [-0.1, -0.05) is 48.5 Å². The lowest BCUT2D eigenvalue weighted by atomic mass is 9.91. The Kier molecular flexibility index (Phi) is 7.35. The maximum Gasteiger partial charge on any atom is 0.133 e. The van der Waals surface area contributed by atoms with Gasteiger partial charge in [0, 0.05) is 78.6 Å². The van der Waals surface area contributed by atoms with Crippen LogP contribution >= 0.6 is 0 Å². The highest BCUT2D eigenvalue weighted by molar-refractivity contribution is 6.29. The third-order valence-corrected chi connectivity index (χ3v) is 11.3. The monoisotopic (exact) mass is 780 g/mol. The summed E-state index contributed by atoms with van der Waals surface area (Å²) in [5.74, 6) is -0.935. The van der Waals surface area contributed by atoms with E-state index in [1.165, 1.54) is 25.3 Å². The zero-order chi connectivity index (χ0) is 39.9. The number of halogens is 2. The molecule has 0 aliphatic heterocycles. The van der Waals surface area contributed by atoms with Crippen LogP contribution in [-0.2, 0) is 0 Å². The molecule has 4 heterocycles. The quantitative estimate of drug-likeness (QED) is 0.151. The molecular weight excluding hydrogens is 755 g/mol. The third kappa shape index (κ3) is 4.97. The molecule has 8 aromatic carbocycles. The molecule has 0 N–H and O–H groups in total. The smallest absolute Gasteiger partial charge is 0.133 e. The second-order valence-electron chi connectivity index (χ2n) is 14.4. The second-order valence-corrected chi connectivity index (χ2v) is 14.4. The van der Waals surface area contributed by atoms with Crippen LogP contribution in [0.4, 0.5) is 42.9 Å². The predicted molar refractivity (Wildman–Crippen MR) is 232 cm³/mol. The number of fused-ring (bicyclic) bond motifs is 4. The summed E-state index contributed by atoms with van der Waals surface area (Å²) in [7, 11) is 0. The lowest BCUT2D eigenvalue weighted by Crippen LogP contribution is -2.14. The van der Waals surface area contributed by atoms with Gasteiger partial charge >= 0.3 is 0 Å². The van der Waals surface area contributed by atoms with E-state index < -0.39 is 11.6 Å². The van der Waals surface area contributed by atoms with Crippen molar-refractivity contribution in [3.63, 3.8) is 0 Å².